The van der Waals surface area contributed by atoms with Crippen LogP contribution >= 0.6 is 11.6 Å². The van der Waals surface area contributed by atoms with Crippen molar-refractivity contribution in [3.05, 3.63) is 30.1 Å². The van der Waals surface area contributed by atoms with Gasteiger partial charge in [-0.2, -0.15) is 5.10 Å². The Hall–Kier alpha value is -1.62. The Morgan fingerprint density at radius 1 is 1.43 bits per heavy atom. The minimum atomic E-state index is -1.33. The van der Waals surface area contributed by atoms with Crippen molar-refractivity contribution in [1.82, 2.24) is 0 Å². The topological polar surface area (TPSA) is 61.7 Å². The monoisotopic (exact) mass is 216 g/mol. The maximum atomic E-state index is 12.4. The van der Waals surface area contributed by atoms with Crippen molar-refractivity contribution < 1.29 is 14.3 Å². The van der Waals surface area contributed by atoms with Crippen LogP contribution in [0.5, 0.6) is 0 Å². The Morgan fingerprint density at radius 3 is 2.50 bits per heavy atom. The minimum Gasteiger partial charge on any atom is -0.476 e. The van der Waals surface area contributed by atoms with Crippen molar-refractivity contribution in [2.75, 3.05) is 5.43 Å². The molecule has 1 aromatic carbocycles. The lowest BCUT2D eigenvalue weighted by Gasteiger charge is -1.98. The van der Waals surface area contributed by atoms with Gasteiger partial charge < -0.3 is 5.11 Å². The second-order valence-corrected chi connectivity index (χ2v) is 2.68. The average Bonchev–Trinajstić information content (AvgIpc) is 2.16. The van der Waals surface area contributed by atoms with Gasteiger partial charge in [-0.25, -0.2) is 9.18 Å². The summed E-state index contributed by atoms with van der Waals surface area (Å²) in [7, 11) is 0. The first-order valence-corrected chi connectivity index (χ1v) is 3.95. The van der Waals surface area contributed by atoms with E-state index in [0.717, 1.165) is 0 Å². The summed E-state index contributed by atoms with van der Waals surface area (Å²) >= 11 is 5.21. The summed E-state index contributed by atoms with van der Waals surface area (Å²) in [4.78, 5) is 10.2. The molecular weight excluding hydrogens is 211 g/mol. The summed E-state index contributed by atoms with van der Waals surface area (Å²) in [6, 6.07) is 5.24. The summed E-state index contributed by atoms with van der Waals surface area (Å²) in [6.07, 6.45) is 0. The van der Waals surface area contributed by atoms with Crippen LogP contribution in [0.3, 0.4) is 0 Å². The summed E-state index contributed by atoms with van der Waals surface area (Å²) in [6.45, 7) is 0. The highest BCUT2D eigenvalue weighted by Crippen LogP contribution is 2.08. The van der Waals surface area contributed by atoms with Crippen molar-refractivity contribution in [3.63, 3.8) is 0 Å². The molecule has 4 nitrogen and oxygen atoms in total. The van der Waals surface area contributed by atoms with Crippen LogP contribution in [0.1, 0.15) is 0 Å². The molecular formula is C8H6ClFN2O2. The third-order valence-corrected chi connectivity index (χ3v) is 1.55. The average molecular weight is 217 g/mol. The molecule has 0 aliphatic carbocycles. The number of hydrogen-bond donors (Lipinski definition) is 2. The van der Waals surface area contributed by atoms with Crippen molar-refractivity contribution >= 4 is 28.4 Å². The van der Waals surface area contributed by atoms with Crippen LogP contribution in [-0.4, -0.2) is 16.2 Å². The molecule has 0 aliphatic heterocycles. The minimum absolute atomic E-state index is 0.385. The normalized spacial score (nSPS) is 11.1. The number of hydrogen-bond acceptors (Lipinski definition) is 3. The molecule has 0 spiro atoms. The Balaban J connectivity index is 2.66. The fourth-order valence-corrected chi connectivity index (χ4v) is 0.728. The van der Waals surface area contributed by atoms with Gasteiger partial charge in [0.2, 0.25) is 5.17 Å². The van der Waals surface area contributed by atoms with Gasteiger partial charge in [0.15, 0.2) is 0 Å². The Kier molecular flexibility index (Phi) is 3.41. The van der Waals surface area contributed by atoms with E-state index in [4.69, 9.17) is 16.7 Å². The lowest BCUT2D eigenvalue weighted by Crippen LogP contribution is -2.07. The first kappa shape index (κ1) is 10.5. The number of carbonyl (C=O) groups is 1. The number of halogens is 2. The summed E-state index contributed by atoms with van der Waals surface area (Å²) in [5.74, 6) is -1.72. The zero-order valence-corrected chi connectivity index (χ0v) is 7.62. The molecule has 0 bridgehead atoms. The largest absolute Gasteiger partial charge is 0.476 e. The molecule has 1 rings (SSSR count). The predicted molar refractivity (Wildman–Crippen MR) is 50.9 cm³/mol. The number of aliphatic carboxylic acids is 1. The number of carboxylic acid groups (broad SMARTS) is 1. The highest BCUT2D eigenvalue weighted by atomic mass is 35.5. The van der Waals surface area contributed by atoms with Crippen LogP contribution in [-0.2, 0) is 4.79 Å². The molecule has 0 saturated heterocycles. The first-order valence-electron chi connectivity index (χ1n) is 3.57. The Morgan fingerprint density at radius 2 is 2.00 bits per heavy atom. The smallest absolute Gasteiger partial charge is 0.368 e. The summed E-state index contributed by atoms with van der Waals surface area (Å²) in [5.41, 5.74) is 2.81. The van der Waals surface area contributed by atoms with Gasteiger partial charge in [0.25, 0.3) is 0 Å². The zero-order chi connectivity index (χ0) is 10.6. The molecule has 0 radical (unpaired) electrons. The molecule has 0 amide bonds. The summed E-state index contributed by atoms with van der Waals surface area (Å²) < 4.78 is 12.4. The number of hydrazone groups is 1. The molecule has 1 aromatic rings. The maximum Gasteiger partial charge on any atom is 0.368 e. The van der Waals surface area contributed by atoms with Crippen LogP contribution in [0.15, 0.2) is 29.4 Å². The third kappa shape index (κ3) is 3.02. The lowest BCUT2D eigenvalue weighted by atomic mass is 10.3. The fraction of sp³-hybridized carbons (Fsp3) is 0. The molecule has 2 N–H and O–H groups in total. The van der Waals surface area contributed by atoms with E-state index < -0.39 is 11.1 Å². The van der Waals surface area contributed by atoms with E-state index in [2.05, 4.69) is 10.5 Å². The molecule has 0 aliphatic rings. The van der Waals surface area contributed by atoms with Gasteiger partial charge in [-0.3, -0.25) is 5.43 Å². The Labute approximate surface area is 84.0 Å². The van der Waals surface area contributed by atoms with Crippen LogP contribution in [0, 0.1) is 5.82 Å². The number of rotatable bonds is 3. The van der Waals surface area contributed by atoms with E-state index in [0.29, 0.717) is 5.69 Å². The third-order valence-electron chi connectivity index (χ3n) is 1.30. The highest BCUT2D eigenvalue weighted by Gasteiger charge is 2.03. The number of nitrogens with one attached hydrogen (secondary N) is 1. The lowest BCUT2D eigenvalue weighted by molar-refractivity contribution is -0.129. The number of carboxylic acids is 1. The van der Waals surface area contributed by atoms with Crippen molar-refractivity contribution in [2.45, 2.75) is 0 Å². The molecule has 14 heavy (non-hydrogen) atoms. The van der Waals surface area contributed by atoms with E-state index in [1.54, 1.807) is 0 Å². The summed E-state index contributed by atoms with van der Waals surface area (Å²) in [5, 5.41) is 11.1. The van der Waals surface area contributed by atoms with Gasteiger partial charge in [0.1, 0.15) is 5.82 Å². The van der Waals surface area contributed by atoms with E-state index in [1.165, 1.54) is 24.3 Å². The molecule has 74 valence electrons. The SMILES string of the molecule is O=C(O)/C(Cl)=N/Nc1ccc(F)cc1. The van der Waals surface area contributed by atoms with Crippen molar-refractivity contribution in [3.8, 4) is 0 Å². The van der Waals surface area contributed by atoms with Gasteiger partial charge in [-0.1, -0.05) is 11.6 Å². The van der Waals surface area contributed by atoms with Gasteiger partial charge in [-0.05, 0) is 24.3 Å². The first-order chi connectivity index (χ1) is 6.59. The number of benzene rings is 1. The second kappa shape index (κ2) is 4.57. The molecule has 6 heteroatoms. The van der Waals surface area contributed by atoms with Gasteiger partial charge >= 0.3 is 5.97 Å². The molecule has 0 saturated carbocycles. The van der Waals surface area contributed by atoms with Crippen molar-refractivity contribution in [1.29, 1.82) is 0 Å². The molecule has 0 fully saturated rings. The van der Waals surface area contributed by atoms with Gasteiger partial charge in [-0.15, -0.1) is 0 Å². The van der Waals surface area contributed by atoms with E-state index >= 15 is 0 Å². The van der Waals surface area contributed by atoms with E-state index in [9.17, 15) is 9.18 Å². The second-order valence-electron chi connectivity index (χ2n) is 2.33. The van der Waals surface area contributed by atoms with E-state index in [1.807, 2.05) is 0 Å². The molecule has 0 heterocycles. The van der Waals surface area contributed by atoms with Gasteiger partial charge in [0, 0.05) is 0 Å². The molecule has 0 aromatic heterocycles. The Bertz CT molecular complexity index is 364. The number of anilines is 1. The van der Waals surface area contributed by atoms with E-state index in [-0.39, 0.29) is 5.82 Å². The van der Waals surface area contributed by atoms with Crippen LogP contribution in [0.25, 0.3) is 0 Å². The maximum absolute atomic E-state index is 12.4. The van der Waals surface area contributed by atoms with Crippen LogP contribution in [0.4, 0.5) is 10.1 Å². The molecule has 0 atom stereocenters. The molecule has 0 unspecified atom stereocenters. The predicted octanol–water partition coefficient (Wildman–Crippen LogP) is 1.87. The van der Waals surface area contributed by atoms with Gasteiger partial charge in [0.05, 0.1) is 5.69 Å². The van der Waals surface area contributed by atoms with Crippen molar-refractivity contribution in [2.24, 2.45) is 5.10 Å². The standard InChI is InChI=1S/C8H6ClFN2O2/c9-7(8(13)14)12-11-6-3-1-5(10)2-4-6/h1-4,11H,(H,13,14)/b12-7-. The van der Waals surface area contributed by atoms with Crippen LogP contribution in [0.2, 0.25) is 0 Å². The quantitative estimate of drug-likeness (QED) is 0.599. The fourth-order valence-electron chi connectivity index (χ4n) is 0.686. The van der Waals surface area contributed by atoms with Crippen LogP contribution < -0.4 is 5.43 Å². The number of nitrogens with zero attached hydrogens (tertiary/aromatic N) is 1. The highest BCUT2D eigenvalue weighted by molar-refractivity contribution is 6.81. The zero-order valence-electron chi connectivity index (χ0n) is 6.87.